The summed E-state index contributed by atoms with van der Waals surface area (Å²) in [6.45, 7) is 3.88. The Labute approximate surface area is 135 Å². The van der Waals surface area contributed by atoms with E-state index in [1.54, 1.807) is 4.68 Å². The van der Waals surface area contributed by atoms with Crippen molar-refractivity contribution < 1.29 is 13.2 Å². The number of carbonyl (C=O) groups excluding carboxylic acids is 1. The van der Waals surface area contributed by atoms with Crippen molar-refractivity contribution in [2.24, 2.45) is 0 Å². The molecule has 7 heteroatoms. The van der Waals surface area contributed by atoms with Crippen LogP contribution in [-0.4, -0.2) is 24.1 Å². The van der Waals surface area contributed by atoms with Crippen molar-refractivity contribution in [1.82, 2.24) is 9.78 Å². The molecule has 1 aromatic heterocycles. The number of nitrogens with one attached hydrogen (secondary N) is 1. The first-order valence-corrected chi connectivity index (χ1v) is 9.40. The van der Waals surface area contributed by atoms with Gasteiger partial charge in [0, 0.05) is 12.0 Å². The normalized spacial score (nSPS) is 15.4. The molecule has 0 spiro atoms. The van der Waals surface area contributed by atoms with E-state index in [0.717, 1.165) is 17.7 Å². The van der Waals surface area contributed by atoms with Crippen LogP contribution in [-0.2, 0) is 26.1 Å². The van der Waals surface area contributed by atoms with E-state index >= 15 is 0 Å². The van der Waals surface area contributed by atoms with Crippen LogP contribution in [0.5, 0.6) is 0 Å². The molecule has 1 aliphatic rings. The van der Waals surface area contributed by atoms with Gasteiger partial charge >= 0.3 is 0 Å². The van der Waals surface area contributed by atoms with Crippen LogP contribution < -0.4 is 5.32 Å². The van der Waals surface area contributed by atoms with Gasteiger partial charge in [-0.05, 0) is 25.0 Å². The van der Waals surface area contributed by atoms with Gasteiger partial charge in [-0.1, -0.05) is 25.1 Å². The monoisotopic (exact) mass is 333 g/mol. The van der Waals surface area contributed by atoms with Gasteiger partial charge in [-0.2, -0.15) is 5.10 Å². The van der Waals surface area contributed by atoms with Crippen LogP contribution in [0.4, 0.5) is 5.82 Å². The third-order valence-corrected chi connectivity index (χ3v) is 5.31. The third kappa shape index (κ3) is 3.01. The van der Waals surface area contributed by atoms with Crippen molar-refractivity contribution in [3.8, 4) is 5.69 Å². The second-order valence-electron chi connectivity index (χ2n) is 5.80. The molecule has 2 aromatic rings. The zero-order chi connectivity index (χ0) is 16.6. The molecular weight excluding hydrogens is 314 g/mol. The van der Waals surface area contributed by atoms with Gasteiger partial charge in [-0.3, -0.25) is 4.79 Å². The fourth-order valence-corrected chi connectivity index (χ4v) is 4.26. The number of aryl methyl sites for hydroxylation is 1. The van der Waals surface area contributed by atoms with Gasteiger partial charge in [0.15, 0.2) is 9.84 Å². The van der Waals surface area contributed by atoms with E-state index < -0.39 is 9.84 Å². The summed E-state index contributed by atoms with van der Waals surface area (Å²) in [5.41, 5.74) is 2.98. The largest absolute Gasteiger partial charge is 0.310 e. The lowest BCUT2D eigenvalue weighted by Crippen LogP contribution is -2.16. The predicted molar refractivity (Wildman–Crippen MR) is 88.2 cm³/mol. The van der Waals surface area contributed by atoms with Crippen LogP contribution in [0.3, 0.4) is 0 Å². The number of sulfone groups is 1. The molecule has 1 amide bonds. The number of rotatable bonds is 4. The molecule has 0 radical (unpaired) electrons. The van der Waals surface area contributed by atoms with Crippen LogP contribution >= 0.6 is 0 Å². The first kappa shape index (κ1) is 15.7. The first-order chi connectivity index (χ1) is 10.9. The number of fused-ring (bicyclic) bond motifs is 1. The van der Waals surface area contributed by atoms with Crippen molar-refractivity contribution in [2.45, 2.75) is 38.2 Å². The minimum Gasteiger partial charge on any atom is -0.310 e. The summed E-state index contributed by atoms with van der Waals surface area (Å²) in [7, 11) is -3.17. The van der Waals surface area contributed by atoms with Crippen LogP contribution in [0.1, 0.15) is 36.6 Å². The number of nitrogens with zero attached hydrogens (tertiary/aromatic N) is 2. The standard InChI is InChI=1S/C16H19N3O3S/c1-3-6-15(20)17-16-12-9-23(21,22)10-13(12)18-19(16)14-8-5-4-7-11(14)2/h4-5,7-8H,3,6,9-10H2,1-2H3,(H,17,20). The zero-order valence-corrected chi connectivity index (χ0v) is 14.0. The second kappa shape index (κ2) is 5.81. The second-order valence-corrected chi connectivity index (χ2v) is 7.87. The number of benzene rings is 1. The zero-order valence-electron chi connectivity index (χ0n) is 13.2. The summed E-state index contributed by atoms with van der Waals surface area (Å²) in [4.78, 5) is 12.0. The van der Waals surface area contributed by atoms with Gasteiger partial charge in [0.05, 0.1) is 22.9 Å². The van der Waals surface area contributed by atoms with Crippen molar-refractivity contribution in [1.29, 1.82) is 0 Å². The van der Waals surface area contributed by atoms with Crippen molar-refractivity contribution in [3.63, 3.8) is 0 Å². The van der Waals surface area contributed by atoms with E-state index in [4.69, 9.17) is 0 Å². The van der Waals surface area contributed by atoms with Crippen LogP contribution in [0, 0.1) is 6.92 Å². The van der Waals surface area contributed by atoms with Gasteiger partial charge in [0.2, 0.25) is 5.91 Å². The Morgan fingerprint density at radius 3 is 2.74 bits per heavy atom. The molecule has 6 nitrogen and oxygen atoms in total. The van der Waals surface area contributed by atoms with Crippen molar-refractivity contribution >= 4 is 21.6 Å². The van der Waals surface area contributed by atoms with E-state index in [9.17, 15) is 13.2 Å². The highest BCUT2D eigenvalue weighted by Gasteiger charge is 2.33. The molecular formula is C16H19N3O3S. The summed E-state index contributed by atoms with van der Waals surface area (Å²) in [6.07, 6.45) is 1.12. The molecule has 1 N–H and O–H groups in total. The third-order valence-electron chi connectivity index (χ3n) is 3.87. The Kier molecular flexibility index (Phi) is 3.97. The molecule has 23 heavy (non-hydrogen) atoms. The Hall–Kier alpha value is -2.15. The first-order valence-electron chi connectivity index (χ1n) is 7.58. The van der Waals surface area contributed by atoms with Crippen molar-refractivity contribution in [3.05, 3.63) is 41.1 Å². The molecule has 3 rings (SSSR count). The summed E-state index contributed by atoms with van der Waals surface area (Å²) >= 11 is 0. The molecule has 0 unspecified atom stereocenters. The molecule has 1 aliphatic heterocycles. The quantitative estimate of drug-likeness (QED) is 0.931. The Balaban J connectivity index is 2.11. The number of carbonyl (C=O) groups is 1. The van der Waals surface area contributed by atoms with E-state index in [-0.39, 0.29) is 17.4 Å². The van der Waals surface area contributed by atoms with Gasteiger partial charge in [0.25, 0.3) is 0 Å². The molecule has 2 heterocycles. The number of para-hydroxylation sites is 1. The molecule has 122 valence electrons. The maximum Gasteiger partial charge on any atom is 0.225 e. The summed E-state index contributed by atoms with van der Waals surface area (Å²) in [6, 6.07) is 7.68. The molecule has 0 saturated carbocycles. The van der Waals surface area contributed by atoms with Gasteiger partial charge in [-0.15, -0.1) is 0 Å². The molecule has 0 bridgehead atoms. The molecule has 0 atom stereocenters. The summed E-state index contributed by atoms with van der Waals surface area (Å²) in [5.74, 6) is 0.205. The lowest BCUT2D eigenvalue weighted by molar-refractivity contribution is -0.116. The van der Waals surface area contributed by atoms with E-state index in [1.807, 2.05) is 38.1 Å². The van der Waals surface area contributed by atoms with E-state index in [0.29, 0.717) is 23.5 Å². The van der Waals surface area contributed by atoms with Crippen LogP contribution in [0.15, 0.2) is 24.3 Å². The summed E-state index contributed by atoms with van der Waals surface area (Å²) < 4.78 is 25.4. The number of aromatic nitrogens is 2. The maximum atomic E-state index is 12.0. The SMILES string of the molecule is CCCC(=O)Nc1c2c(nn1-c1ccccc1C)CS(=O)(=O)C2. The molecule has 0 aliphatic carbocycles. The van der Waals surface area contributed by atoms with Gasteiger partial charge in [0.1, 0.15) is 5.82 Å². The minimum atomic E-state index is -3.17. The van der Waals surface area contributed by atoms with Gasteiger partial charge < -0.3 is 5.32 Å². The van der Waals surface area contributed by atoms with E-state index in [1.165, 1.54) is 0 Å². The van der Waals surface area contributed by atoms with E-state index in [2.05, 4.69) is 10.4 Å². The highest BCUT2D eigenvalue weighted by molar-refractivity contribution is 7.90. The molecule has 1 aromatic carbocycles. The predicted octanol–water partition coefficient (Wildman–Crippen LogP) is 2.35. The van der Waals surface area contributed by atoms with Crippen LogP contribution in [0.25, 0.3) is 5.69 Å². The Morgan fingerprint density at radius 2 is 2.04 bits per heavy atom. The summed E-state index contributed by atoms with van der Waals surface area (Å²) in [5, 5.41) is 7.31. The highest BCUT2D eigenvalue weighted by Crippen LogP contribution is 2.33. The topological polar surface area (TPSA) is 81.1 Å². The number of hydrogen-bond acceptors (Lipinski definition) is 4. The minimum absolute atomic E-state index is 0.0716. The number of amides is 1. The average Bonchev–Trinajstić information content (AvgIpc) is 2.93. The molecule has 0 saturated heterocycles. The smallest absolute Gasteiger partial charge is 0.225 e. The Morgan fingerprint density at radius 1 is 1.30 bits per heavy atom. The lowest BCUT2D eigenvalue weighted by Gasteiger charge is -2.12. The fraction of sp³-hybridized carbons (Fsp3) is 0.375. The lowest BCUT2D eigenvalue weighted by atomic mass is 10.2. The van der Waals surface area contributed by atoms with Crippen LogP contribution in [0.2, 0.25) is 0 Å². The maximum absolute atomic E-state index is 12.0. The number of anilines is 1. The fourth-order valence-electron chi connectivity index (χ4n) is 2.77. The average molecular weight is 333 g/mol. The Bertz CT molecular complexity index is 869. The van der Waals surface area contributed by atoms with Gasteiger partial charge in [-0.25, -0.2) is 13.1 Å². The van der Waals surface area contributed by atoms with Crippen molar-refractivity contribution in [2.75, 3.05) is 5.32 Å². The molecule has 0 fully saturated rings. The number of hydrogen-bond donors (Lipinski definition) is 1. The highest BCUT2D eigenvalue weighted by atomic mass is 32.2.